The largest absolute Gasteiger partial charge is 0.497 e. The molecule has 0 bridgehead atoms. The van der Waals surface area contributed by atoms with Crippen LogP contribution in [0.4, 0.5) is 0 Å². The molecule has 2 aromatic rings. The maximum atomic E-state index is 5.51. The fourth-order valence-electron chi connectivity index (χ4n) is 4.84. The molecule has 6 heteroatoms. The summed E-state index contributed by atoms with van der Waals surface area (Å²) in [5, 5.41) is 0.265. The summed E-state index contributed by atoms with van der Waals surface area (Å²) >= 11 is 1.96. The van der Waals surface area contributed by atoms with Gasteiger partial charge in [0.25, 0.3) is 0 Å². The number of hydrogen-bond acceptors (Lipinski definition) is 6. The van der Waals surface area contributed by atoms with E-state index in [1.165, 1.54) is 33.5 Å². The Bertz CT molecular complexity index is 1080. The zero-order valence-corrected chi connectivity index (χ0v) is 19.8. The Labute approximate surface area is 194 Å². The van der Waals surface area contributed by atoms with Crippen LogP contribution in [0.3, 0.4) is 0 Å². The molecule has 0 radical (unpaired) electrons. The second-order valence-corrected chi connectivity index (χ2v) is 9.65. The van der Waals surface area contributed by atoms with Gasteiger partial charge in [-0.25, -0.2) is 0 Å². The first kappa shape index (κ1) is 21.4. The van der Waals surface area contributed by atoms with Gasteiger partial charge in [0.15, 0.2) is 11.5 Å². The van der Waals surface area contributed by atoms with Crippen molar-refractivity contribution in [2.45, 2.75) is 31.2 Å². The molecule has 2 aromatic carbocycles. The van der Waals surface area contributed by atoms with Crippen LogP contribution in [-0.2, 0) is 19.4 Å². The van der Waals surface area contributed by atoms with Gasteiger partial charge in [-0.05, 0) is 71.4 Å². The number of ether oxygens (including phenoxy) is 3. The van der Waals surface area contributed by atoms with E-state index in [1.54, 1.807) is 21.3 Å². The molecule has 0 amide bonds. The lowest BCUT2D eigenvalue weighted by Gasteiger charge is -2.29. The first-order valence-corrected chi connectivity index (χ1v) is 12.2. The predicted octanol–water partition coefficient (Wildman–Crippen LogP) is 4.61. The third-order valence-corrected chi connectivity index (χ3v) is 7.83. The Morgan fingerprint density at radius 1 is 0.938 bits per heavy atom. The summed E-state index contributed by atoms with van der Waals surface area (Å²) in [6, 6.07) is 10.7. The van der Waals surface area contributed by atoms with E-state index < -0.39 is 0 Å². The summed E-state index contributed by atoms with van der Waals surface area (Å²) in [5.41, 5.74) is 8.14. The van der Waals surface area contributed by atoms with Crippen molar-refractivity contribution in [1.82, 2.24) is 4.90 Å². The van der Waals surface area contributed by atoms with Crippen LogP contribution in [0.15, 0.2) is 40.9 Å². The number of rotatable bonds is 6. The van der Waals surface area contributed by atoms with Crippen molar-refractivity contribution in [3.8, 4) is 17.2 Å². The van der Waals surface area contributed by atoms with Gasteiger partial charge >= 0.3 is 0 Å². The second-order valence-electron chi connectivity index (χ2n) is 8.58. The summed E-state index contributed by atoms with van der Waals surface area (Å²) in [5.74, 6) is 3.59. The molecule has 0 aromatic heterocycles. The molecule has 1 atom stereocenters. The van der Waals surface area contributed by atoms with Gasteiger partial charge in [0.2, 0.25) is 0 Å². The lowest BCUT2D eigenvalue weighted by Crippen LogP contribution is -2.35. The number of methoxy groups -OCH3 is 3. The maximum Gasteiger partial charge on any atom is 0.161 e. The first-order valence-electron chi connectivity index (χ1n) is 11.2. The molecular weight excluding hydrogens is 420 g/mol. The molecule has 2 aliphatic heterocycles. The van der Waals surface area contributed by atoms with Gasteiger partial charge in [-0.15, -0.1) is 11.8 Å². The van der Waals surface area contributed by atoms with Crippen LogP contribution in [0.1, 0.15) is 28.7 Å². The van der Waals surface area contributed by atoms with E-state index in [0.717, 1.165) is 61.9 Å². The maximum absolute atomic E-state index is 5.51. The number of aryl methyl sites for hydroxylation is 1. The number of fused-ring (bicyclic) bond motifs is 2. The van der Waals surface area contributed by atoms with Crippen LogP contribution in [0.5, 0.6) is 17.2 Å². The van der Waals surface area contributed by atoms with Crippen LogP contribution in [0, 0.1) is 0 Å². The molecule has 3 aliphatic rings. The number of hydrogen-bond donors (Lipinski definition) is 0. The molecule has 5 rings (SSSR count). The first-order chi connectivity index (χ1) is 15.7. The van der Waals surface area contributed by atoms with Gasteiger partial charge in [0.05, 0.1) is 21.3 Å². The minimum atomic E-state index is 0.265. The van der Waals surface area contributed by atoms with Gasteiger partial charge in [0, 0.05) is 31.1 Å². The number of nitrogens with zero attached hydrogens (tertiary/aromatic N) is 2. The normalized spacial score (nSPS) is 20.2. The van der Waals surface area contributed by atoms with Crippen LogP contribution in [-0.4, -0.2) is 56.2 Å². The summed E-state index contributed by atoms with van der Waals surface area (Å²) < 4.78 is 16.3. The van der Waals surface area contributed by atoms with Crippen molar-refractivity contribution in [3.63, 3.8) is 0 Å². The zero-order chi connectivity index (χ0) is 22.1. The Morgan fingerprint density at radius 2 is 1.75 bits per heavy atom. The van der Waals surface area contributed by atoms with Crippen molar-refractivity contribution >= 4 is 23.5 Å². The lowest BCUT2D eigenvalue weighted by atomic mass is 9.92. The Kier molecular flexibility index (Phi) is 6.15. The topological polar surface area (TPSA) is 43.3 Å². The summed E-state index contributed by atoms with van der Waals surface area (Å²) in [6.07, 6.45) is 5.52. The van der Waals surface area contributed by atoms with E-state index in [9.17, 15) is 0 Å². The van der Waals surface area contributed by atoms with Crippen molar-refractivity contribution in [3.05, 3.63) is 58.2 Å². The quantitative estimate of drug-likeness (QED) is 0.643. The number of aliphatic imine (C=N–C) groups is 1. The van der Waals surface area contributed by atoms with Crippen LogP contribution in [0.2, 0.25) is 0 Å². The molecule has 1 aliphatic carbocycles. The average Bonchev–Trinajstić information content (AvgIpc) is 3.30. The van der Waals surface area contributed by atoms with Crippen molar-refractivity contribution in [1.29, 1.82) is 0 Å². The van der Waals surface area contributed by atoms with Crippen LogP contribution >= 0.6 is 11.8 Å². The van der Waals surface area contributed by atoms with Gasteiger partial charge < -0.3 is 14.2 Å². The molecule has 2 heterocycles. The summed E-state index contributed by atoms with van der Waals surface area (Å²) in [4.78, 5) is 7.64. The summed E-state index contributed by atoms with van der Waals surface area (Å²) in [7, 11) is 5.12. The smallest absolute Gasteiger partial charge is 0.161 e. The highest BCUT2D eigenvalue weighted by Crippen LogP contribution is 2.36. The molecule has 0 N–H and O–H groups in total. The molecule has 0 fully saturated rings. The second kappa shape index (κ2) is 9.20. The van der Waals surface area contributed by atoms with Gasteiger partial charge in [-0.3, -0.25) is 9.89 Å². The third-order valence-electron chi connectivity index (χ3n) is 6.60. The van der Waals surface area contributed by atoms with E-state index >= 15 is 0 Å². The van der Waals surface area contributed by atoms with Gasteiger partial charge in [-0.1, -0.05) is 12.1 Å². The Balaban J connectivity index is 1.26. The number of benzene rings is 2. The van der Waals surface area contributed by atoms with Gasteiger partial charge in [-0.2, -0.15) is 0 Å². The van der Waals surface area contributed by atoms with E-state index in [0.29, 0.717) is 0 Å². The standard InChI is InChI=1S/C26H30N2O3S/c1-29-23-7-6-17-10-20(5-4-18(17)11-23)26-27-22(16-32-26)15-28-9-8-19-12-24(30-2)25(31-3)13-21(19)14-28/h6-7,10-13,26H,4-5,8-9,14-16H2,1-3H3. The highest BCUT2D eigenvalue weighted by molar-refractivity contribution is 8.01. The molecule has 5 nitrogen and oxygen atoms in total. The SMILES string of the molecule is COc1ccc2c(c1)CCC(C1N=C(CN3CCc4cc(OC)c(OC)cc4C3)CS1)=C2. The fourth-order valence-corrected chi connectivity index (χ4v) is 5.98. The lowest BCUT2D eigenvalue weighted by molar-refractivity contribution is 0.287. The van der Waals surface area contributed by atoms with E-state index in [4.69, 9.17) is 19.2 Å². The molecule has 0 saturated carbocycles. The van der Waals surface area contributed by atoms with Crippen LogP contribution < -0.4 is 14.2 Å². The highest BCUT2D eigenvalue weighted by Gasteiger charge is 2.26. The summed E-state index contributed by atoms with van der Waals surface area (Å²) in [6.45, 7) is 2.93. The van der Waals surface area contributed by atoms with Crippen molar-refractivity contribution < 1.29 is 14.2 Å². The fraction of sp³-hybridized carbons (Fsp3) is 0.423. The zero-order valence-electron chi connectivity index (χ0n) is 19.0. The van der Waals surface area contributed by atoms with E-state index in [1.807, 2.05) is 17.8 Å². The highest BCUT2D eigenvalue weighted by atomic mass is 32.2. The third kappa shape index (κ3) is 4.26. The molecular formula is C26H30N2O3S. The van der Waals surface area contributed by atoms with Crippen molar-refractivity contribution in [2.75, 3.05) is 40.2 Å². The van der Waals surface area contributed by atoms with Gasteiger partial charge in [0.1, 0.15) is 11.1 Å². The van der Waals surface area contributed by atoms with E-state index in [2.05, 4.69) is 35.2 Å². The Morgan fingerprint density at radius 3 is 2.53 bits per heavy atom. The average molecular weight is 451 g/mol. The van der Waals surface area contributed by atoms with Crippen LogP contribution in [0.25, 0.3) is 6.08 Å². The molecule has 0 spiro atoms. The predicted molar refractivity (Wildman–Crippen MR) is 132 cm³/mol. The number of thioether (sulfide) groups is 1. The molecule has 0 saturated heterocycles. The minimum Gasteiger partial charge on any atom is -0.497 e. The molecule has 168 valence electrons. The Hall–Kier alpha value is -2.44. The molecule has 32 heavy (non-hydrogen) atoms. The monoisotopic (exact) mass is 450 g/mol. The molecule has 1 unspecified atom stereocenters. The minimum absolute atomic E-state index is 0.265. The van der Waals surface area contributed by atoms with E-state index in [-0.39, 0.29) is 5.37 Å². The van der Waals surface area contributed by atoms with Crippen molar-refractivity contribution in [2.24, 2.45) is 4.99 Å².